The van der Waals surface area contributed by atoms with Crippen molar-refractivity contribution in [1.29, 1.82) is 0 Å². The van der Waals surface area contributed by atoms with Gasteiger partial charge in [-0.15, -0.1) is 0 Å². The monoisotopic (exact) mass is 384 g/mol. The summed E-state index contributed by atoms with van der Waals surface area (Å²) in [6.07, 6.45) is -3.91. The van der Waals surface area contributed by atoms with Gasteiger partial charge in [0, 0.05) is 12.1 Å². The predicted molar refractivity (Wildman–Crippen MR) is 88.1 cm³/mol. The second kappa shape index (κ2) is 6.56. The van der Waals surface area contributed by atoms with Crippen LogP contribution >= 0.6 is 0 Å². The van der Waals surface area contributed by atoms with E-state index in [0.717, 1.165) is 12.1 Å². The van der Waals surface area contributed by atoms with Crippen LogP contribution in [0.25, 0.3) is 0 Å². The molecule has 0 atom stereocenters. The van der Waals surface area contributed by atoms with Crippen LogP contribution in [0.2, 0.25) is 0 Å². The Bertz CT molecular complexity index is 860. The van der Waals surface area contributed by atoms with Gasteiger partial charge < -0.3 is 14.0 Å². The molecule has 1 aliphatic heterocycles. The summed E-state index contributed by atoms with van der Waals surface area (Å²) in [5, 5.41) is 0. The van der Waals surface area contributed by atoms with Gasteiger partial charge in [-0.05, 0) is 31.4 Å². The van der Waals surface area contributed by atoms with Gasteiger partial charge in [-0.25, -0.2) is 13.2 Å². The molecule has 0 spiro atoms. The number of hydrogen-bond donors (Lipinski definition) is 0. The molecule has 0 amide bonds. The molecule has 0 radical (unpaired) electrons. The Hall–Kier alpha value is -2.55. The van der Waals surface area contributed by atoms with Crippen molar-refractivity contribution >= 4 is 12.6 Å². The number of benzene rings is 2. The van der Waals surface area contributed by atoms with Gasteiger partial charge in [-0.2, -0.15) is 8.78 Å². The molecule has 2 aromatic carbocycles. The zero-order valence-electron chi connectivity index (χ0n) is 14.4. The minimum absolute atomic E-state index is 0.342. The first-order valence-corrected chi connectivity index (χ1v) is 7.85. The lowest BCUT2D eigenvalue weighted by Gasteiger charge is -2.19. The van der Waals surface area contributed by atoms with E-state index in [-0.39, 0.29) is 0 Å². The average Bonchev–Trinajstić information content (AvgIpc) is 2.85. The van der Waals surface area contributed by atoms with Crippen LogP contribution in [-0.4, -0.2) is 12.7 Å². The molecule has 0 unspecified atom stereocenters. The van der Waals surface area contributed by atoms with E-state index in [1.165, 1.54) is 12.1 Å². The van der Waals surface area contributed by atoms with Gasteiger partial charge in [0.1, 0.15) is 11.4 Å². The SMILES string of the molecule is C=C1OB(c2ccc(C(F)(F)Oc3cc(F)c(F)c(F)c3)cc2)OC1(C)C. The van der Waals surface area contributed by atoms with E-state index >= 15 is 0 Å². The third-order valence-electron chi connectivity index (χ3n) is 4.04. The summed E-state index contributed by atoms with van der Waals surface area (Å²) in [7, 11) is -0.795. The molecule has 27 heavy (non-hydrogen) atoms. The largest absolute Gasteiger partial charge is 0.563 e. The molecular weight excluding hydrogens is 370 g/mol. The Morgan fingerprint density at radius 3 is 2.07 bits per heavy atom. The van der Waals surface area contributed by atoms with Crippen molar-refractivity contribution in [3.63, 3.8) is 0 Å². The van der Waals surface area contributed by atoms with Gasteiger partial charge in [0.2, 0.25) is 0 Å². The number of hydrogen-bond acceptors (Lipinski definition) is 3. The van der Waals surface area contributed by atoms with Crippen LogP contribution in [0.4, 0.5) is 22.0 Å². The molecule has 142 valence electrons. The van der Waals surface area contributed by atoms with Crippen molar-refractivity contribution in [2.24, 2.45) is 0 Å². The molecule has 3 rings (SSSR count). The van der Waals surface area contributed by atoms with Crippen LogP contribution < -0.4 is 10.2 Å². The van der Waals surface area contributed by atoms with Crippen LogP contribution in [0.5, 0.6) is 5.75 Å². The highest BCUT2D eigenvalue weighted by atomic mass is 19.3. The summed E-state index contributed by atoms with van der Waals surface area (Å²) in [6, 6.07) is 5.50. The molecule has 1 aliphatic rings. The number of rotatable bonds is 4. The second-order valence-electron chi connectivity index (χ2n) is 6.44. The molecule has 2 aromatic rings. The van der Waals surface area contributed by atoms with E-state index in [9.17, 15) is 22.0 Å². The average molecular weight is 384 g/mol. The number of ether oxygens (including phenoxy) is 1. The topological polar surface area (TPSA) is 27.7 Å². The Morgan fingerprint density at radius 1 is 1.04 bits per heavy atom. The van der Waals surface area contributed by atoms with Gasteiger partial charge in [0.25, 0.3) is 0 Å². The maximum absolute atomic E-state index is 14.3. The summed E-state index contributed by atoms with van der Waals surface area (Å²) in [5.74, 6) is -5.47. The second-order valence-corrected chi connectivity index (χ2v) is 6.44. The first-order chi connectivity index (χ1) is 12.5. The zero-order valence-corrected chi connectivity index (χ0v) is 14.4. The third-order valence-corrected chi connectivity index (χ3v) is 4.04. The Balaban J connectivity index is 1.79. The normalized spacial score (nSPS) is 16.4. The first-order valence-electron chi connectivity index (χ1n) is 7.85. The quantitative estimate of drug-likeness (QED) is 0.448. The van der Waals surface area contributed by atoms with Crippen molar-refractivity contribution in [3.05, 3.63) is 71.8 Å². The fourth-order valence-electron chi connectivity index (χ4n) is 2.40. The molecule has 9 heteroatoms. The predicted octanol–water partition coefficient (Wildman–Crippen LogP) is 4.27. The van der Waals surface area contributed by atoms with Crippen LogP contribution in [0.1, 0.15) is 19.4 Å². The third kappa shape index (κ3) is 3.78. The maximum Gasteiger partial charge on any atom is 0.563 e. The minimum Gasteiger partial charge on any atom is -0.534 e. The lowest BCUT2D eigenvalue weighted by molar-refractivity contribution is -0.185. The van der Waals surface area contributed by atoms with Gasteiger partial charge in [-0.3, -0.25) is 0 Å². The van der Waals surface area contributed by atoms with Crippen molar-refractivity contribution in [1.82, 2.24) is 0 Å². The Kier molecular flexibility index (Phi) is 4.67. The Morgan fingerprint density at radius 2 is 1.59 bits per heavy atom. The van der Waals surface area contributed by atoms with E-state index in [4.69, 9.17) is 9.31 Å². The summed E-state index contributed by atoms with van der Waals surface area (Å²) in [6.45, 7) is 7.24. The lowest BCUT2D eigenvalue weighted by atomic mass is 9.79. The highest BCUT2D eigenvalue weighted by Gasteiger charge is 2.43. The van der Waals surface area contributed by atoms with Crippen molar-refractivity contribution in [2.45, 2.75) is 25.6 Å². The fraction of sp³-hybridized carbons (Fsp3) is 0.222. The molecule has 0 N–H and O–H groups in total. The first kappa shape index (κ1) is 19.2. The van der Waals surface area contributed by atoms with Crippen LogP contribution in [0.15, 0.2) is 48.7 Å². The Labute approximate surface area is 152 Å². The molecule has 1 fully saturated rings. The van der Waals surface area contributed by atoms with Crippen LogP contribution in [0, 0.1) is 17.5 Å². The molecule has 1 saturated heterocycles. The van der Waals surface area contributed by atoms with E-state index < -0.39 is 47.6 Å². The van der Waals surface area contributed by atoms with Crippen molar-refractivity contribution in [3.8, 4) is 5.75 Å². The molecule has 1 heterocycles. The van der Waals surface area contributed by atoms with E-state index in [2.05, 4.69) is 11.3 Å². The van der Waals surface area contributed by atoms with Gasteiger partial charge in [0.05, 0.1) is 11.3 Å². The van der Waals surface area contributed by atoms with Crippen LogP contribution in [0.3, 0.4) is 0 Å². The molecule has 0 aromatic heterocycles. The number of halogens is 5. The van der Waals surface area contributed by atoms with Gasteiger partial charge in [-0.1, -0.05) is 18.7 Å². The molecule has 0 aliphatic carbocycles. The van der Waals surface area contributed by atoms with E-state index in [1.807, 2.05) is 0 Å². The summed E-state index contributed by atoms with van der Waals surface area (Å²) in [4.78, 5) is 0. The smallest absolute Gasteiger partial charge is 0.534 e. The minimum atomic E-state index is -3.91. The van der Waals surface area contributed by atoms with Crippen LogP contribution in [-0.2, 0) is 15.4 Å². The highest BCUT2D eigenvalue weighted by Crippen LogP contribution is 2.33. The molecule has 0 bridgehead atoms. The molecular formula is C18H14BF5O3. The van der Waals surface area contributed by atoms with Gasteiger partial charge in [0.15, 0.2) is 17.5 Å². The highest BCUT2D eigenvalue weighted by molar-refractivity contribution is 6.62. The molecule has 3 nitrogen and oxygen atoms in total. The molecule has 0 saturated carbocycles. The van der Waals surface area contributed by atoms with Crippen molar-refractivity contribution < 1.29 is 36.0 Å². The zero-order chi connectivity index (χ0) is 20.0. The lowest BCUT2D eigenvalue weighted by Crippen LogP contribution is -2.34. The summed E-state index contributed by atoms with van der Waals surface area (Å²) < 4.78 is 83.2. The maximum atomic E-state index is 14.3. The van der Waals surface area contributed by atoms with Gasteiger partial charge >= 0.3 is 13.2 Å². The summed E-state index contributed by atoms with van der Waals surface area (Å²) >= 11 is 0. The van der Waals surface area contributed by atoms with E-state index in [1.54, 1.807) is 13.8 Å². The van der Waals surface area contributed by atoms with Crippen molar-refractivity contribution in [2.75, 3.05) is 0 Å². The fourth-order valence-corrected chi connectivity index (χ4v) is 2.40. The van der Waals surface area contributed by atoms with E-state index in [0.29, 0.717) is 23.4 Å². The standard InChI is InChI=1S/C18H14BF5O3/c1-10-17(2,3)27-19(26-10)12-6-4-11(5-7-12)18(23,24)25-13-8-14(20)16(22)15(21)9-13/h4-9H,1H2,2-3H3. The summed E-state index contributed by atoms with van der Waals surface area (Å²) in [5.41, 5.74) is -0.819. The number of alkyl halides is 2.